The molecule has 0 radical (unpaired) electrons. The molecule has 7 nitrogen and oxygen atoms in total. The number of hydrogen-bond acceptors (Lipinski definition) is 6. The molecule has 4 aromatic carbocycles. The van der Waals surface area contributed by atoms with Gasteiger partial charge in [-0.2, -0.15) is 5.10 Å². The Balaban J connectivity index is 1.36. The van der Waals surface area contributed by atoms with Gasteiger partial charge in [-0.1, -0.05) is 58.4 Å². The van der Waals surface area contributed by atoms with E-state index in [4.69, 9.17) is 18.9 Å². The van der Waals surface area contributed by atoms with E-state index < -0.39 is 0 Å². The first-order chi connectivity index (χ1) is 19.1. The van der Waals surface area contributed by atoms with Crippen LogP contribution in [-0.2, 0) is 13.2 Å². The molecule has 0 heterocycles. The molecule has 39 heavy (non-hydrogen) atoms. The van der Waals surface area contributed by atoms with Crippen LogP contribution in [0.3, 0.4) is 0 Å². The predicted molar refractivity (Wildman–Crippen MR) is 155 cm³/mol. The van der Waals surface area contributed by atoms with Crippen molar-refractivity contribution < 1.29 is 23.7 Å². The van der Waals surface area contributed by atoms with Gasteiger partial charge in [-0.05, 0) is 72.1 Å². The highest BCUT2D eigenvalue weighted by Crippen LogP contribution is 2.30. The van der Waals surface area contributed by atoms with Crippen molar-refractivity contribution in [2.75, 3.05) is 13.7 Å². The summed E-state index contributed by atoms with van der Waals surface area (Å²) in [5.74, 6) is 1.86. The largest absolute Gasteiger partial charge is 0.493 e. The van der Waals surface area contributed by atoms with Gasteiger partial charge in [-0.15, -0.1) is 0 Å². The Hall–Kier alpha value is -4.30. The average molecular weight is 589 g/mol. The summed E-state index contributed by atoms with van der Waals surface area (Å²) in [6.07, 6.45) is 1.54. The molecule has 0 aliphatic heterocycles. The molecular formula is C31H29BrN2O5. The number of ether oxygens (including phenoxy) is 4. The lowest BCUT2D eigenvalue weighted by atomic mass is 10.2. The molecule has 0 saturated heterocycles. The number of amides is 1. The molecule has 4 rings (SSSR count). The number of nitrogens with one attached hydrogen (secondary N) is 1. The zero-order valence-corrected chi connectivity index (χ0v) is 23.3. The van der Waals surface area contributed by atoms with E-state index in [0.29, 0.717) is 48.4 Å². The number of hydrogen-bond donors (Lipinski definition) is 1. The molecular weight excluding hydrogens is 560 g/mol. The van der Waals surface area contributed by atoms with Gasteiger partial charge in [-0.3, -0.25) is 4.79 Å². The van der Waals surface area contributed by atoms with Crippen molar-refractivity contribution in [2.45, 2.75) is 20.1 Å². The van der Waals surface area contributed by atoms with Crippen LogP contribution in [0.1, 0.15) is 34.0 Å². The summed E-state index contributed by atoms with van der Waals surface area (Å²) in [4.78, 5) is 12.7. The van der Waals surface area contributed by atoms with E-state index in [1.54, 1.807) is 37.6 Å². The molecule has 0 fully saturated rings. The molecule has 4 aromatic rings. The van der Waals surface area contributed by atoms with Crippen molar-refractivity contribution in [3.05, 3.63) is 118 Å². The molecule has 0 aliphatic carbocycles. The van der Waals surface area contributed by atoms with Gasteiger partial charge in [0.25, 0.3) is 5.91 Å². The fourth-order valence-corrected chi connectivity index (χ4v) is 3.89. The first-order valence-electron chi connectivity index (χ1n) is 12.4. The van der Waals surface area contributed by atoms with Gasteiger partial charge >= 0.3 is 0 Å². The van der Waals surface area contributed by atoms with Crippen LogP contribution in [0.15, 0.2) is 101 Å². The van der Waals surface area contributed by atoms with Gasteiger partial charge in [0.15, 0.2) is 23.0 Å². The summed E-state index contributed by atoms with van der Waals surface area (Å²) in [7, 11) is 1.58. The molecule has 0 aliphatic rings. The molecule has 1 N–H and O–H groups in total. The summed E-state index contributed by atoms with van der Waals surface area (Å²) in [6, 6.07) is 28.2. The first-order valence-corrected chi connectivity index (χ1v) is 13.2. The van der Waals surface area contributed by atoms with Crippen LogP contribution >= 0.6 is 15.9 Å². The molecule has 0 atom stereocenters. The zero-order valence-electron chi connectivity index (χ0n) is 21.7. The van der Waals surface area contributed by atoms with Crippen LogP contribution in [0.25, 0.3) is 0 Å². The molecule has 0 saturated carbocycles. The highest BCUT2D eigenvalue weighted by Gasteiger charge is 2.12. The van der Waals surface area contributed by atoms with Gasteiger partial charge in [-0.25, -0.2) is 5.43 Å². The number of nitrogens with zero attached hydrogens (tertiary/aromatic N) is 1. The first kappa shape index (κ1) is 27.7. The normalized spacial score (nSPS) is 10.7. The molecule has 0 aromatic heterocycles. The maximum absolute atomic E-state index is 12.7. The molecule has 0 unspecified atom stereocenters. The Morgan fingerprint density at radius 1 is 0.795 bits per heavy atom. The van der Waals surface area contributed by atoms with Crippen LogP contribution in [-0.4, -0.2) is 25.8 Å². The van der Waals surface area contributed by atoms with Crippen LogP contribution in [0.2, 0.25) is 0 Å². The van der Waals surface area contributed by atoms with Crippen LogP contribution < -0.4 is 24.4 Å². The molecule has 0 spiro atoms. The number of rotatable bonds is 12. The van der Waals surface area contributed by atoms with Crippen molar-refractivity contribution in [1.82, 2.24) is 5.43 Å². The SMILES string of the molecule is CCOc1cc(C(=O)N/N=C/c2ccc(OCc3ccc(Br)cc3)c(OC)c2)ccc1OCc1ccccc1. The Labute approximate surface area is 236 Å². The minimum Gasteiger partial charge on any atom is -0.493 e. The smallest absolute Gasteiger partial charge is 0.271 e. The molecule has 8 heteroatoms. The van der Waals surface area contributed by atoms with E-state index in [9.17, 15) is 4.79 Å². The third-order valence-corrected chi connectivity index (χ3v) is 6.15. The van der Waals surface area contributed by atoms with Crippen LogP contribution in [0.5, 0.6) is 23.0 Å². The topological polar surface area (TPSA) is 78.4 Å². The fraction of sp³-hybridized carbons (Fsp3) is 0.161. The lowest BCUT2D eigenvalue weighted by Gasteiger charge is -2.13. The Bertz CT molecular complexity index is 1410. The Morgan fingerprint density at radius 3 is 2.15 bits per heavy atom. The quantitative estimate of drug-likeness (QED) is 0.146. The highest BCUT2D eigenvalue weighted by atomic mass is 79.9. The Kier molecular flexibility index (Phi) is 9.97. The third kappa shape index (κ3) is 8.09. The molecule has 200 valence electrons. The summed E-state index contributed by atoms with van der Waals surface area (Å²) in [5.41, 5.74) is 5.77. The van der Waals surface area contributed by atoms with Gasteiger partial charge in [0, 0.05) is 10.0 Å². The van der Waals surface area contributed by atoms with E-state index in [-0.39, 0.29) is 5.91 Å². The Morgan fingerprint density at radius 2 is 1.46 bits per heavy atom. The summed E-state index contributed by atoms with van der Waals surface area (Å²) in [6.45, 7) is 3.13. The minimum absolute atomic E-state index is 0.372. The number of carbonyl (C=O) groups excluding carboxylic acids is 1. The van der Waals surface area contributed by atoms with Gasteiger partial charge < -0.3 is 18.9 Å². The molecule has 0 bridgehead atoms. The van der Waals surface area contributed by atoms with Crippen molar-refractivity contribution in [3.8, 4) is 23.0 Å². The zero-order chi connectivity index (χ0) is 27.5. The number of hydrazone groups is 1. The van der Waals surface area contributed by atoms with Crippen molar-refractivity contribution >= 4 is 28.1 Å². The highest BCUT2D eigenvalue weighted by molar-refractivity contribution is 9.10. The van der Waals surface area contributed by atoms with E-state index in [1.165, 1.54) is 0 Å². The minimum atomic E-state index is -0.372. The van der Waals surface area contributed by atoms with E-state index in [0.717, 1.165) is 21.2 Å². The second-order valence-corrected chi connectivity index (χ2v) is 9.31. The number of benzene rings is 4. The number of carbonyl (C=O) groups is 1. The van der Waals surface area contributed by atoms with E-state index in [2.05, 4.69) is 26.5 Å². The van der Waals surface area contributed by atoms with Crippen molar-refractivity contribution in [2.24, 2.45) is 5.10 Å². The van der Waals surface area contributed by atoms with Crippen LogP contribution in [0, 0.1) is 0 Å². The fourth-order valence-electron chi connectivity index (χ4n) is 3.63. The third-order valence-electron chi connectivity index (χ3n) is 5.62. The van der Waals surface area contributed by atoms with Crippen molar-refractivity contribution in [3.63, 3.8) is 0 Å². The lowest BCUT2D eigenvalue weighted by Crippen LogP contribution is -2.17. The second-order valence-electron chi connectivity index (χ2n) is 8.39. The predicted octanol–water partition coefficient (Wildman–Crippen LogP) is 6.78. The number of halogens is 1. The van der Waals surface area contributed by atoms with E-state index >= 15 is 0 Å². The average Bonchev–Trinajstić information content (AvgIpc) is 2.97. The summed E-state index contributed by atoms with van der Waals surface area (Å²) < 4.78 is 24.0. The van der Waals surface area contributed by atoms with E-state index in [1.807, 2.05) is 73.7 Å². The number of methoxy groups -OCH3 is 1. The maximum atomic E-state index is 12.7. The van der Waals surface area contributed by atoms with Gasteiger partial charge in [0.05, 0.1) is 19.9 Å². The lowest BCUT2D eigenvalue weighted by molar-refractivity contribution is 0.0954. The van der Waals surface area contributed by atoms with Gasteiger partial charge in [0.2, 0.25) is 0 Å². The monoisotopic (exact) mass is 588 g/mol. The summed E-state index contributed by atoms with van der Waals surface area (Å²) >= 11 is 3.43. The summed E-state index contributed by atoms with van der Waals surface area (Å²) in [5, 5.41) is 4.10. The maximum Gasteiger partial charge on any atom is 0.271 e. The van der Waals surface area contributed by atoms with Crippen molar-refractivity contribution in [1.29, 1.82) is 0 Å². The standard InChI is InChI=1S/C31H29BrN2O5/c1-3-37-30-18-25(12-16-28(30)39-20-22-7-5-4-6-8-22)31(35)34-33-19-24-11-15-27(29(17-24)36-2)38-21-23-9-13-26(32)14-10-23/h4-19H,3,20-21H2,1-2H3,(H,34,35)/b33-19+. The second kappa shape index (κ2) is 14.0. The van der Waals surface area contributed by atoms with Gasteiger partial charge in [0.1, 0.15) is 13.2 Å². The van der Waals surface area contributed by atoms with Crippen LogP contribution in [0.4, 0.5) is 0 Å². The molecule has 1 amide bonds.